The Hall–Kier alpha value is -2.32. The number of carbonyl (C=O) groups is 2. The van der Waals surface area contributed by atoms with Crippen molar-refractivity contribution in [2.45, 2.75) is 25.4 Å². The van der Waals surface area contributed by atoms with E-state index in [2.05, 4.69) is 10.3 Å². The van der Waals surface area contributed by atoms with E-state index in [9.17, 15) is 22.8 Å². The van der Waals surface area contributed by atoms with Crippen molar-refractivity contribution in [3.63, 3.8) is 0 Å². The Morgan fingerprint density at radius 3 is 2.62 bits per heavy atom. The molecule has 2 heterocycles. The van der Waals surface area contributed by atoms with Crippen LogP contribution in [0.3, 0.4) is 0 Å². The van der Waals surface area contributed by atoms with Gasteiger partial charge in [0.2, 0.25) is 5.91 Å². The quantitative estimate of drug-likeness (QED) is 0.857. The van der Waals surface area contributed by atoms with Crippen LogP contribution in [0.1, 0.15) is 17.7 Å². The number of primary amides is 1. The summed E-state index contributed by atoms with van der Waals surface area (Å²) in [6.07, 6.45) is -1.82. The van der Waals surface area contributed by atoms with Gasteiger partial charge in [0.25, 0.3) is 0 Å². The summed E-state index contributed by atoms with van der Waals surface area (Å²) in [5.74, 6) is -4.12. The number of halogens is 3. The lowest BCUT2D eigenvalue weighted by Crippen LogP contribution is -2.37. The molecule has 1 fully saturated rings. The number of nitrogens with two attached hydrogens (primary N) is 1. The fraction of sp³-hybridized carbons (Fsp3) is 0.533. The number of alkyl halides is 3. The number of anilines is 1. The number of carbonyl (C=O) groups excluding carboxylic acids is 2. The molecule has 24 heavy (non-hydrogen) atoms. The maximum Gasteiger partial charge on any atom is 0.394 e. The summed E-state index contributed by atoms with van der Waals surface area (Å²) in [5, 5.41) is 2.50. The molecule has 6 nitrogen and oxygen atoms in total. The number of aromatic nitrogens is 1. The van der Waals surface area contributed by atoms with Crippen molar-refractivity contribution in [1.82, 2.24) is 9.88 Å². The Kier molecular flexibility index (Phi) is 4.10. The Morgan fingerprint density at radius 2 is 2.00 bits per heavy atom. The first-order chi connectivity index (χ1) is 11.3. The summed E-state index contributed by atoms with van der Waals surface area (Å²) in [5.41, 5.74) is 7.08. The summed E-state index contributed by atoms with van der Waals surface area (Å²) < 4.78 is 39.0. The van der Waals surface area contributed by atoms with Crippen LogP contribution in [0.15, 0.2) is 12.1 Å². The van der Waals surface area contributed by atoms with Crippen molar-refractivity contribution in [3.05, 3.63) is 23.4 Å². The molecule has 3 amide bonds. The lowest BCUT2D eigenvalue weighted by atomic mass is 9.95. The minimum Gasteiger partial charge on any atom is -0.369 e. The number of nitrogens with one attached hydrogen (secondary N) is 1. The van der Waals surface area contributed by atoms with E-state index in [4.69, 9.17) is 5.73 Å². The molecule has 0 radical (unpaired) electrons. The number of fused-ring (bicyclic) bond motifs is 1. The van der Waals surface area contributed by atoms with Crippen LogP contribution < -0.4 is 11.1 Å². The van der Waals surface area contributed by atoms with Gasteiger partial charge in [0, 0.05) is 18.8 Å². The zero-order valence-electron chi connectivity index (χ0n) is 12.8. The van der Waals surface area contributed by atoms with Crippen molar-refractivity contribution in [2.75, 3.05) is 18.4 Å². The minimum atomic E-state index is -4.58. The first kappa shape index (κ1) is 16.5. The van der Waals surface area contributed by atoms with E-state index in [1.807, 2.05) is 6.07 Å². The summed E-state index contributed by atoms with van der Waals surface area (Å²) in [6.45, 7) is -0.940. The third-order valence-electron chi connectivity index (χ3n) is 4.56. The molecule has 3 rings (SSSR count). The van der Waals surface area contributed by atoms with Gasteiger partial charge in [-0.25, -0.2) is 9.78 Å². The molecule has 0 unspecified atom stereocenters. The van der Waals surface area contributed by atoms with Crippen LogP contribution in [0.25, 0.3) is 0 Å². The van der Waals surface area contributed by atoms with Gasteiger partial charge in [0.05, 0.1) is 11.8 Å². The van der Waals surface area contributed by atoms with Crippen molar-refractivity contribution in [3.8, 4) is 0 Å². The molecule has 2 aliphatic rings. The lowest BCUT2D eigenvalue weighted by molar-refractivity contribution is -0.182. The Balaban J connectivity index is 1.70. The predicted octanol–water partition coefficient (Wildman–Crippen LogP) is 1.70. The number of hydrogen-bond donors (Lipinski definition) is 2. The average Bonchev–Trinajstić information content (AvgIpc) is 3.13. The maximum absolute atomic E-state index is 13.0. The standard InChI is InChI=1S/C15H17F3N4O2/c16-15(17,18)10-7-22(6-9(10)13(19)23)14(24)21-12-5-4-8-2-1-3-11(8)20-12/h4-5,9-10H,1-3,6-7H2,(H2,19,23)(H,20,21,24)/t9-,10-/m1/s1. The first-order valence-electron chi connectivity index (χ1n) is 7.66. The molecule has 0 saturated carbocycles. The molecular formula is C15H17F3N4O2. The van der Waals surface area contributed by atoms with Crippen LogP contribution in [-0.4, -0.2) is 41.1 Å². The molecule has 0 spiro atoms. The van der Waals surface area contributed by atoms with Gasteiger partial charge in [-0.05, 0) is 30.9 Å². The largest absolute Gasteiger partial charge is 0.394 e. The number of amides is 3. The van der Waals surface area contributed by atoms with E-state index in [1.165, 1.54) is 0 Å². The molecule has 1 aromatic heterocycles. The molecule has 1 aromatic rings. The molecule has 1 aliphatic carbocycles. The molecule has 0 bridgehead atoms. The van der Waals surface area contributed by atoms with Gasteiger partial charge in [-0.3, -0.25) is 10.1 Å². The highest BCUT2D eigenvalue weighted by atomic mass is 19.4. The molecule has 1 saturated heterocycles. The van der Waals surface area contributed by atoms with Gasteiger partial charge < -0.3 is 10.6 Å². The van der Waals surface area contributed by atoms with Crippen molar-refractivity contribution >= 4 is 17.8 Å². The number of aryl methyl sites for hydroxylation is 2. The highest BCUT2D eigenvalue weighted by Gasteiger charge is 2.52. The van der Waals surface area contributed by atoms with E-state index < -0.39 is 36.5 Å². The van der Waals surface area contributed by atoms with Crippen LogP contribution in [-0.2, 0) is 17.6 Å². The van der Waals surface area contributed by atoms with Crippen molar-refractivity contribution < 1.29 is 22.8 Å². The fourth-order valence-electron chi connectivity index (χ4n) is 3.27. The van der Waals surface area contributed by atoms with Crippen LogP contribution in [0, 0.1) is 11.8 Å². The molecule has 3 N–H and O–H groups in total. The molecule has 2 atom stereocenters. The third kappa shape index (κ3) is 3.15. The Labute approximate surface area is 136 Å². The van der Waals surface area contributed by atoms with Gasteiger partial charge in [-0.15, -0.1) is 0 Å². The molecular weight excluding hydrogens is 325 g/mol. The molecule has 0 aromatic carbocycles. The molecule has 1 aliphatic heterocycles. The number of hydrogen-bond acceptors (Lipinski definition) is 3. The lowest BCUT2D eigenvalue weighted by Gasteiger charge is -2.19. The highest BCUT2D eigenvalue weighted by molar-refractivity contribution is 5.89. The van der Waals surface area contributed by atoms with Crippen LogP contribution >= 0.6 is 0 Å². The van der Waals surface area contributed by atoms with Crippen LogP contribution in [0.4, 0.5) is 23.8 Å². The summed E-state index contributed by atoms with van der Waals surface area (Å²) in [4.78, 5) is 28.8. The summed E-state index contributed by atoms with van der Waals surface area (Å²) in [6, 6.07) is 2.78. The second kappa shape index (κ2) is 5.95. The second-order valence-electron chi connectivity index (χ2n) is 6.15. The van der Waals surface area contributed by atoms with Gasteiger partial charge in [0.15, 0.2) is 0 Å². The number of urea groups is 1. The third-order valence-corrected chi connectivity index (χ3v) is 4.56. The van der Waals surface area contributed by atoms with Gasteiger partial charge in [-0.2, -0.15) is 13.2 Å². The van der Waals surface area contributed by atoms with Crippen LogP contribution in [0.5, 0.6) is 0 Å². The maximum atomic E-state index is 13.0. The Bertz CT molecular complexity index is 677. The second-order valence-corrected chi connectivity index (χ2v) is 6.15. The zero-order chi connectivity index (χ0) is 17.5. The normalized spacial score (nSPS) is 23.2. The van der Waals surface area contributed by atoms with Gasteiger partial charge in [0.1, 0.15) is 5.82 Å². The van der Waals surface area contributed by atoms with Crippen molar-refractivity contribution in [1.29, 1.82) is 0 Å². The van der Waals surface area contributed by atoms with Crippen LogP contribution in [0.2, 0.25) is 0 Å². The number of rotatable bonds is 2. The van der Waals surface area contributed by atoms with E-state index in [1.54, 1.807) is 6.07 Å². The molecule has 9 heteroatoms. The highest BCUT2D eigenvalue weighted by Crippen LogP contribution is 2.37. The number of likely N-dealkylation sites (tertiary alicyclic amines) is 1. The molecule has 130 valence electrons. The minimum absolute atomic E-state index is 0.298. The van der Waals surface area contributed by atoms with Crippen molar-refractivity contribution in [2.24, 2.45) is 17.6 Å². The van der Waals surface area contributed by atoms with Gasteiger partial charge in [-0.1, -0.05) is 6.07 Å². The van der Waals surface area contributed by atoms with E-state index >= 15 is 0 Å². The first-order valence-corrected chi connectivity index (χ1v) is 7.66. The zero-order valence-corrected chi connectivity index (χ0v) is 12.8. The fourth-order valence-corrected chi connectivity index (χ4v) is 3.27. The smallest absolute Gasteiger partial charge is 0.369 e. The van der Waals surface area contributed by atoms with E-state index in [0.29, 0.717) is 5.82 Å². The SMILES string of the molecule is NC(=O)[C@@H]1CN(C(=O)Nc2ccc3c(n2)CCC3)C[C@H]1C(F)(F)F. The Morgan fingerprint density at radius 1 is 1.25 bits per heavy atom. The predicted molar refractivity (Wildman–Crippen MR) is 79.1 cm³/mol. The van der Waals surface area contributed by atoms with E-state index in [0.717, 1.165) is 35.4 Å². The topological polar surface area (TPSA) is 88.3 Å². The summed E-state index contributed by atoms with van der Waals surface area (Å²) in [7, 11) is 0. The van der Waals surface area contributed by atoms with E-state index in [-0.39, 0.29) is 6.54 Å². The number of pyridine rings is 1. The monoisotopic (exact) mass is 342 g/mol. The number of nitrogens with zero attached hydrogens (tertiary/aromatic N) is 2. The average molecular weight is 342 g/mol. The summed E-state index contributed by atoms with van der Waals surface area (Å²) >= 11 is 0. The van der Waals surface area contributed by atoms with Gasteiger partial charge >= 0.3 is 12.2 Å².